The Kier molecular flexibility index (Phi) is 2.71. The van der Waals surface area contributed by atoms with Gasteiger partial charge in [-0.1, -0.05) is 0 Å². The third kappa shape index (κ3) is 1.95. The van der Waals surface area contributed by atoms with Crippen LogP contribution in [0.3, 0.4) is 0 Å². The second kappa shape index (κ2) is 4.39. The van der Waals surface area contributed by atoms with Gasteiger partial charge in [-0.15, -0.1) is 5.10 Å². The molecule has 8 nitrogen and oxygen atoms in total. The number of carbonyl (C=O) groups is 1. The standard InChI is InChI=1S/C11H14N6O2/c12-11-14-9-7(16-5-3-13-4-6-16)1-2-8(10(18)19)17(9)15-11/h1-2,13H,3-6H2,(H2,12,15)(H,18,19). The highest BCUT2D eigenvalue weighted by Gasteiger charge is 2.19. The van der Waals surface area contributed by atoms with E-state index >= 15 is 0 Å². The zero-order valence-electron chi connectivity index (χ0n) is 10.2. The molecule has 0 amide bonds. The van der Waals surface area contributed by atoms with Crippen molar-refractivity contribution in [2.24, 2.45) is 0 Å². The third-order valence-corrected chi connectivity index (χ3v) is 3.16. The van der Waals surface area contributed by atoms with Crippen LogP contribution < -0.4 is 16.0 Å². The number of aromatic nitrogens is 3. The molecule has 19 heavy (non-hydrogen) atoms. The molecule has 0 aliphatic carbocycles. The fourth-order valence-electron chi connectivity index (χ4n) is 2.28. The number of carboxylic acids is 1. The summed E-state index contributed by atoms with van der Waals surface area (Å²) in [5.41, 5.74) is 6.99. The maximum atomic E-state index is 11.2. The Hall–Kier alpha value is -2.35. The predicted molar refractivity (Wildman–Crippen MR) is 69.4 cm³/mol. The summed E-state index contributed by atoms with van der Waals surface area (Å²) in [5.74, 6) is -0.980. The predicted octanol–water partition coefficient (Wildman–Crippen LogP) is -0.581. The van der Waals surface area contributed by atoms with E-state index in [1.54, 1.807) is 6.07 Å². The molecule has 0 unspecified atom stereocenters. The fraction of sp³-hybridized carbons (Fsp3) is 0.364. The first kappa shape index (κ1) is 11.7. The summed E-state index contributed by atoms with van der Waals surface area (Å²) < 4.78 is 1.29. The van der Waals surface area contributed by atoms with Gasteiger partial charge in [-0.25, -0.2) is 9.31 Å². The molecule has 1 aliphatic rings. The van der Waals surface area contributed by atoms with Crippen LogP contribution in [0.2, 0.25) is 0 Å². The van der Waals surface area contributed by atoms with Crippen LogP contribution in [0.25, 0.3) is 5.65 Å². The van der Waals surface area contributed by atoms with E-state index in [0.29, 0.717) is 5.65 Å². The monoisotopic (exact) mass is 262 g/mol. The minimum Gasteiger partial charge on any atom is -0.477 e. The number of nitrogens with two attached hydrogens (primary N) is 1. The Morgan fingerprint density at radius 2 is 2.11 bits per heavy atom. The lowest BCUT2D eigenvalue weighted by molar-refractivity contribution is 0.0687. The lowest BCUT2D eigenvalue weighted by Crippen LogP contribution is -2.43. The number of rotatable bonds is 2. The Morgan fingerprint density at radius 1 is 1.37 bits per heavy atom. The van der Waals surface area contributed by atoms with E-state index in [1.165, 1.54) is 10.6 Å². The number of hydrogen-bond acceptors (Lipinski definition) is 6. The van der Waals surface area contributed by atoms with E-state index in [1.807, 2.05) is 0 Å². The number of piperazine rings is 1. The van der Waals surface area contributed by atoms with E-state index in [4.69, 9.17) is 10.8 Å². The first-order valence-corrected chi connectivity index (χ1v) is 6.01. The maximum Gasteiger partial charge on any atom is 0.354 e. The summed E-state index contributed by atoms with van der Waals surface area (Å²) in [4.78, 5) is 17.4. The van der Waals surface area contributed by atoms with Gasteiger partial charge in [0.2, 0.25) is 5.95 Å². The number of carboxylic acid groups (broad SMARTS) is 1. The molecule has 3 heterocycles. The zero-order valence-corrected chi connectivity index (χ0v) is 10.2. The molecule has 100 valence electrons. The van der Waals surface area contributed by atoms with Crippen molar-refractivity contribution in [2.75, 3.05) is 36.8 Å². The Balaban J connectivity index is 2.15. The number of nitrogens with zero attached hydrogens (tertiary/aromatic N) is 4. The maximum absolute atomic E-state index is 11.2. The number of nitrogens with one attached hydrogen (secondary N) is 1. The van der Waals surface area contributed by atoms with Crippen molar-refractivity contribution in [3.8, 4) is 0 Å². The summed E-state index contributed by atoms with van der Waals surface area (Å²) in [6, 6.07) is 3.29. The van der Waals surface area contributed by atoms with E-state index in [2.05, 4.69) is 20.3 Å². The molecule has 0 radical (unpaired) electrons. The molecule has 0 saturated carbocycles. The summed E-state index contributed by atoms with van der Waals surface area (Å²) in [6.45, 7) is 3.45. The molecule has 2 aromatic heterocycles. The minimum atomic E-state index is -1.05. The van der Waals surface area contributed by atoms with Crippen LogP contribution in [0.1, 0.15) is 10.5 Å². The summed E-state index contributed by atoms with van der Waals surface area (Å²) >= 11 is 0. The fourth-order valence-corrected chi connectivity index (χ4v) is 2.28. The van der Waals surface area contributed by atoms with Gasteiger partial charge >= 0.3 is 5.97 Å². The number of aromatic carboxylic acids is 1. The van der Waals surface area contributed by atoms with Crippen LogP contribution in [-0.2, 0) is 0 Å². The van der Waals surface area contributed by atoms with Crippen LogP contribution in [0.4, 0.5) is 11.6 Å². The van der Waals surface area contributed by atoms with E-state index in [-0.39, 0.29) is 11.6 Å². The molecule has 3 rings (SSSR count). The van der Waals surface area contributed by atoms with E-state index in [0.717, 1.165) is 31.9 Å². The number of hydrogen-bond donors (Lipinski definition) is 3. The molecule has 1 saturated heterocycles. The normalized spacial score (nSPS) is 15.9. The minimum absolute atomic E-state index is 0.0538. The molecule has 0 spiro atoms. The van der Waals surface area contributed by atoms with Crippen LogP contribution in [0.15, 0.2) is 12.1 Å². The zero-order chi connectivity index (χ0) is 13.4. The molecule has 4 N–H and O–H groups in total. The lowest BCUT2D eigenvalue weighted by atomic mass is 10.2. The average molecular weight is 262 g/mol. The largest absolute Gasteiger partial charge is 0.477 e. The number of pyridine rings is 1. The van der Waals surface area contributed by atoms with Gasteiger partial charge in [0.25, 0.3) is 0 Å². The number of nitrogen functional groups attached to an aromatic ring is 1. The molecular formula is C11H14N6O2. The Labute approximate surface area is 108 Å². The first-order chi connectivity index (χ1) is 9.16. The second-order valence-electron chi connectivity index (χ2n) is 4.35. The highest BCUT2D eigenvalue weighted by Crippen LogP contribution is 2.22. The summed E-state index contributed by atoms with van der Waals surface area (Å²) in [6.07, 6.45) is 0. The summed E-state index contributed by atoms with van der Waals surface area (Å²) in [5, 5.41) is 16.4. The number of fused-ring (bicyclic) bond motifs is 1. The van der Waals surface area contributed by atoms with Gasteiger partial charge in [0.05, 0.1) is 5.69 Å². The average Bonchev–Trinajstić information content (AvgIpc) is 2.79. The van der Waals surface area contributed by atoms with Crippen molar-refractivity contribution in [3.05, 3.63) is 17.8 Å². The molecule has 0 bridgehead atoms. The molecular weight excluding hydrogens is 248 g/mol. The van der Waals surface area contributed by atoms with Crippen molar-refractivity contribution in [1.82, 2.24) is 19.9 Å². The molecule has 2 aromatic rings. The van der Waals surface area contributed by atoms with Crippen molar-refractivity contribution >= 4 is 23.3 Å². The van der Waals surface area contributed by atoms with Gasteiger partial charge < -0.3 is 21.1 Å². The topological polar surface area (TPSA) is 109 Å². The van der Waals surface area contributed by atoms with Gasteiger partial charge in [0.15, 0.2) is 11.3 Å². The third-order valence-electron chi connectivity index (χ3n) is 3.16. The lowest BCUT2D eigenvalue weighted by Gasteiger charge is -2.29. The van der Waals surface area contributed by atoms with Crippen LogP contribution in [0, 0.1) is 0 Å². The highest BCUT2D eigenvalue weighted by atomic mass is 16.4. The SMILES string of the molecule is Nc1nc2c(N3CCNCC3)ccc(C(=O)O)n2n1. The van der Waals surface area contributed by atoms with Crippen molar-refractivity contribution in [1.29, 1.82) is 0 Å². The van der Waals surface area contributed by atoms with Crippen LogP contribution >= 0.6 is 0 Å². The van der Waals surface area contributed by atoms with Gasteiger partial charge in [-0.3, -0.25) is 0 Å². The smallest absolute Gasteiger partial charge is 0.354 e. The number of anilines is 2. The summed E-state index contributed by atoms with van der Waals surface area (Å²) in [7, 11) is 0. The van der Waals surface area contributed by atoms with E-state index < -0.39 is 5.97 Å². The highest BCUT2D eigenvalue weighted by molar-refractivity contribution is 5.88. The quantitative estimate of drug-likeness (QED) is 0.664. The second-order valence-corrected chi connectivity index (χ2v) is 4.35. The molecule has 0 aromatic carbocycles. The van der Waals surface area contributed by atoms with Gasteiger partial charge in [-0.2, -0.15) is 4.98 Å². The van der Waals surface area contributed by atoms with Crippen LogP contribution in [-0.4, -0.2) is 51.9 Å². The Bertz CT molecular complexity index is 631. The molecule has 1 aliphatic heterocycles. The van der Waals surface area contributed by atoms with Crippen molar-refractivity contribution in [2.45, 2.75) is 0 Å². The first-order valence-electron chi connectivity index (χ1n) is 6.01. The Morgan fingerprint density at radius 3 is 2.79 bits per heavy atom. The van der Waals surface area contributed by atoms with Crippen LogP contribution in [0.5, 0.6) is 0 Å². The molecule has 1 fully saturated rings. The van der Waals surface area contributed by atoms with Gasteiger partial charge in [0, 0.05) is 26.2 Å². The van der Waals surface area contributed by atoms with Crippen molar-refractivity contribution in [3.63, 3.8) is 0 Å². The van der Waals surface area contributed by atoms with Gasteiger partial charge in [-0.05, 0) is 12.1 Å². The molecule has 8 heteroatoms. The molecule has 0 atom stereocenters. The van der Waals surface area contributed by atoms with E-state index in [9.17, 15) is 4.79 Å². The van der Waals surface area contributed by atoms with Gasteiger partial charge in [0.1, 0.15) is 0 Å². The van der Waals surface area contributed by atoms with Crippen molar-refractivity contribution < 1.29 is 9.90 Å².